The van der Waals surface area contributed by atoms with Gasteiger partial charge in [-0.05, 0) is 55.3 Å². The van der Waals surface area contributed by atoms with E-state index in [0.717, 1.165) is 12.8 Å². The van der Waals surface area contributed by atoms with E-state index in [2.05, 4.69) is 17.2 Å². The van der Waals surface area contributed by atoms with Crippen molar-refractivity contribution in [2.45, 2.75) is 31.3 Å². The number of nitrogens with one attached hydrogen (secondary N) is 1. The molecule has 2 aromatic rings. The molecule has 1 fully saturated rings. The number of phenols is 1. The number of carbonyl (C=O) groups excluding carboxylic acids is 1. The Labute approximate surface area is 168 Å². The summed E-state index contributed by atoms with van der Waals surface area (Å²) in [6, 6.07) is 12.7. The first-order chi connectivity index (χ1) is 13.4. The largest absolute Gasteiger partial charge is 0.508 e. The van der Waals surface area contributed by atoms with Gasteiger partial charge in [0, 0.05) is 17.2 Å². The van der Waals surface area contributed by atoms with Crippen molar-refractivity contribution in [3.05, 3.63) is 58.6 Å². The molecular weight excluding hydrogens is 376 g/mol. The first-order valence-electron chi connectivity index (χ1n) is 8.98. The maximum absolute atomic E-state index is 13.0. The molecule has 0 aromatic heterocycles. The maximum Gasteiger partial charge on any atom is 0.269 e. The third-order valence-electron chi connectivity index (χ3n) is 4.90. The lowest BCUT2D eigenvalue weighted by atomic mass is 9.85. The molecule has 6 heteroatoms. The highest BCUT2D eigenvalue weighted by Crippen LogP contribution is 2.35. The molecule has 1 saturated carbocycles. The van der Waals surface area contributed by atoms with Crippen molar-refractivity contribution >= 4 is 23.2 Å². The van der Waals surface area contributed by atoms with Crippen LogP contribution < -0.4 is 5.32 Å². The quantitative estimate of drug-likeness (QED) is 0.689. The number of halogens is 1. The number of amides is 1. The molecule has 3 rings (SSSR count). The van der Waals surface area contributed by atoms with E-state index in [1.807, 2.05) is 6.07 Å². The first kappa shape index (κ1) is 19.8. The van der Waals surface area contributed by atoms with Gasteiger partial charge in [-0.3, -0.25) is 4.79 Å². The van der Waals surface area contributed by atoms with Gasteiger partial charge in [-0.2, -0.15) is 5.26 Å². The van der Waals surface area contributed by atoms with Gasteiger partial charge >= 0.3 is 0 Å². The summed E-state index contributed by atoms with van der Waals surface area (Å²) in [6.45, 7) is 0. The van der Waals surface area contributed by atoms with Crippen LogP contribution in [0.3, 0.4) is 0 Å². The number of nitriles is 1. The normalized spacial score (nSPS) is 15.8. The molecule has 5 nitrogen and oxygen atoms in total. The number of rotatable bonds is 3. The highest BCUT2D eigenvalue weighted by molar-refractivity contribution is 6.32. The molecule has 3 N–H and O–H groups in total. The number of hydrogen-bond acceptors (Lipinski definition) is 4. The van der Waals surface area contributed by atoms with Crippen LogP contribution in [-0.2, 0) is 4.79 Å². The van der Waals surface area contributed by atoms with Crippen LogP contribution in [0.4, 0.5) is 5.69 Å². The standard InChI is InChI=1S/C22H19ClN2O3/c23-20-13-18(8-7-16(20)14-24)25-21(27)22(28,17-3-1-2-4-17)12-11-15-5-9-19(26)10-6-15/h5-10,13,17,26,28H,1-4H2,(H,25,27). The van der Waals surface area contributed by atoms with Crippen LogP contribution in [0.25, 0.3) is 0 Å². The van der Waals surface area contributed by atoms with Crippen molar-refractivity contribution in [1.82, 2.24) is 0 Å². The summed E-state index contributed by atoms with van der Waals surface area (Å²) in [4.78, 5) is 13.0. The summed E-state index contributed by atoms with van der Waals surface area (Å²) in [5.74, 6) is 4.83. The molecule has 1 atom stereocenters. The van der Waals surface area contributed by atoms with Gasteiger partial charge in [0.1, 0.15) is 11.8 Å². The van der Waals surface area contributed by atoms with Crippen molar-refractivity contribution in [2.75, 3.05) is 5.32 Å². The van der Waals surface area contributed by atoms with E-state index < -0.39 is 11.5 Å². The third kappa shape index (κ3) is 4.28. The Hall–Kier alpha value is -2.99. The molecule has 2 aromatic carbocycles. The predicted octanol–water partition coefficient (Wildman–Crippen LogP) is 3.83. The van der Waals surface area contributed by atoms with Crippen LogP contribution in [0.5, 0.6) is 5.75 Å². The van der Waals surface area contributed by atoms with Gasteiger partial charge < -0.3 is 15.5 Å². The molecule has 142 valence electrons. The van der Waals surface area contributed by atoms with Crippen molar-refractivity contribution < 1.29 is 15.0 Å². The van der Waals surface area contributed by atoms with E-state index in [1.165, 1.54) is 24.3 Å². The molecule has 0 bridgehead atoms. The fourth-order valence-corrected chi connectivity index (χ4v) is 3.53. The zero-order valence-electron chi connectivity index (χ0n) is 15.1. The number of hydrogen-bond donors (Lipinski definition) is 3. The van der Waals surface area contributed by atoms with Gasteiger partial charge in [-0.1, -0.05) is 36.3 Å². The van der Waals surface area contributed by atoms with Crippen molar-refractivity contribution in [3.8, 4) is 23.7 Å². The Bertz CT molecular complexity index is 980. The molecule has 0 radical (unpaired) electrons. The van der Waals surface area contributed by atoms with Crippen LogP contribution in [0.15, 0.2) is 42.5 Å². The molecule has 1 aliphatic rings. The Kier molecular flexibility index (Phi) is 5.90. The zero-order valence-corrected chi connectivity index (χ0v) is 15.8. The zero-order chi connectivity index (χ0) is 20.1. The third-order valence-corrected chi connectivity index (χ3v) is 5.22. The molecule has 0 aliphatic heterocycles. The lowest BCUT2D eigenvalue weighted by Crippen LogP contribution is -2.47. The molecule has 1 unspecified atom stereocenters. The Balaban J connectivity index is 1.89. The number of phenolic OH excluding ortho intramolecular Hbond substituents is 1. The lowest BCUT2D eigenvalue weighted by molar-refractivity contribution is -0.132. The minimum absolute atomic E-state index is 0.118. The molecule has 1 amide bonds. The topological polar surface area (TPSA) is 93.4 Å². The van der Waals surface area contributed by atoms with Gasteiger partial charge in [0.15, 0.2) is 0 Å². The van der Waals surface area contributed by atoms with Gasteiger partial charge in [0.05, 0.1) is 10.6 Å². The summed E-state index contributed by atoms with van der Waals surface area (Å²) >= 11 is 6.02. The highest BCUT2D eigenvalue weighted by atomic mass is 35.5. The van der Waals surface area contributed by atoms with Gasteiger partial charge in [-0.25, -0.2) is 0 Å². The number of nitrogens with zero attached hydrogens (tertiary/aromatic N) is 1. The SMILES string of the molecule is N#Cc1ccc(NC(=O)C(O)(C#Cc2ccc(O)cc2)C2CCCC2)cc1Cl. The van der Waals surface area contributed by atoms with Crippen molar-refractivity contribution in [2.24, 2.45) is 5.92 Å². The summed E-state index contributed by atoms with van der Waals surface area (Å²) in [6.07, 6.45) is 3.29. The number of aliphatic hydroxyl groups is 1. The fraction of sp³-hybridized carbons (Fsp3) is 0.273. The minimum atomic E-state index is -1.85. The second-order valence-corrected chi connectivity index (χ2v) is 7.21. The smallest absolute Gasteiger partial charge is 0.269 e. The summed E-state index contributed by atoms with van der Waals surface area (Å²) in [5.41, 5.74) is -0.576. The van der Waals surface area contributed by atoms with Gasteiger partial charge in [-0.15, -0.1) is 0 Å². The van der Waals surface area contributed by atoms with Crippen molar-refractivity contribution in [3.63, 3.8) is 0 Å². The molecule has 1 aliphatic carbocycles. The second kappa shape index (κ2) is 8.35. The fourth-order valence-electron chi connectivity index (χ4n) is 3.31. The molecule has 0 spiro atoms. The second-order valence-electron chi connectivity index (χ2n) is 6.81. The van der Waals surface area contributed by atoms with Crippen LogP contribution in [0.1, 0.15) is 36.8 Å². The van der Waals surface area contributed by atoms with E-state index in [4.69, 9.17) is 16.9 Å². The monoisotopic (exact) mass is 394 g/mol. The number of benzene rings is 2. The van der Waals surface area contributed by atoms with Crippen molar-refractivity contribution in [1.29, 1.82) is 5.26 Å². The Morgan fingerprint density at radius 2 is 1.86 bits per heavy atom. The average molecular weight is 395 g/mol. The number of carbonyl (C=O) groups is 1. The highest BCUT2D eigenvalue weighted by Gasteiger charge is 2.44. The van der Waals surface area contributed by atoms with E-state index in [9.17, 15) is 15.0 Å². The summed E-state index contributed by atoms with van der Waals surface area (Å²) in [5, 5.41) is 32.4. The van der Waals surface area contributed by atoms with E-state index in [0.29, 0.717) is 29.7 Å². The number of aromatic hydroxyl groups is 1. The average Bonchev–Trinajstić information content (AvgIpc) is 3.23. The Morgan fingerprint density at radius 3 is 2.46 bits per heavy atom. The van der Waals surface area contributed by atoms with Crippen LogP contribution >= 0.6 is 11.6 Å². The molecular formula is C22H19ClN2O3. The first-order valence-corrected chi connectivity index (χ1v) is 9.36. The summed E-state index contributed by atoms with van der Waals surface area (Å²) < 4.78 is 0. The van der Waals surface area contributed by atoms with E-state index >= 15 is 0 Å². The van der Waals surface area contributed by atoms with E-state index in [-0.39, 0.29) is 16.7 Å². The van der Waals surface area contributed by atoms with E-state index in [1.54, 1.807) is 18.2 Å². The minimum Gasteiger partial charge on any atom is -0.508 e. The lowest BCUT2D eigenvalue weighted by Gasteiger charge is -2.27. The number of anilines is 1. The molecule has 0 heterocycles. The molecule has 0 saturated heterocycles. The Morgan fingerprint density at radius 1 is 1.18 bits per heavy atom. The van der Waals surface area contributed by atoms with Crippen LogP contribution in [-0.4, -0.2) is 21.7 Å². The van der Waals surface area contributed by atoms with Crippen LogP contribution in [0.2, 0.25) is 5.02 Å². The van der Waals surface area contributed by atoms with Gasteiger partial charge in [0.25, 0.3) is 5.91 Å². The van der Waals surface area contributed by atoms with Crippen LogP contribution in [0, 0.1) is 29.1 Å². The maximum atomic E-state index is 13.0. The summed E-state index contributed by atoms with van der Waals surface area (Å²) in [7, 11) is 0. The van der Waals surface area contributed by atoms with Gasteiger partial charge in [0.2, 0.25) is 5.60 Å². The molecule has 28 heavy (non-hydrogen) atoms. The predicted molar refractivity (Wildman–Crippen MR) is 107 cm³/mol.